The lowest BCUT2D eigenvalue weighted by molar-refractivity contribution is -0.133. The number of hydrogen-bond donors (Lipinski definition) is 1. The molecule has 1 aromatic rings. The van der Waals surface area contributed by atoms with Gasteiger partial charge in [0.1, 0.15) is 11.8 Å². The zero-order valence-electron chi connectivity index (χ0n) is 17.4. The van der Waals surface area contributed by atoms with E-state index in [0.717, 1.165) is 9.87 Å². The maximum Gasteiger partial charge on any atom is 0.409 e. The summed E-state index contributed by atoms with van der Waals surface area (Å²) in [7, 11) is -4.25. The van der Waals surface area contributed by atoms with Gasteiger partial charge in [0.15, 0.2) is 11.6 Å². The van der Waals surface area contributed by atoms with E-state index in [1.54, 1.807) is 12.1 Å². The second-order valence-corrected chi connectivity index (χ2v) is 9.57. The zero-order chi connectivity index (χ0) is 23.8. The van der Waals surface area contributed by atoms with Crippen molar-refractivity contribution in [1.82, 2.24) is 9.21 Å². The number of fused-ring (bicyclic) bond motifs is 1. The molecule has 3 heterocycles. The van der Waals surface area contributed by atoms with Crippen LogP contribution in [0.4, 0.5) is 4.79 Å². The minimum atomic E-state index is -4.25. The smallest absolute Gasteiger partial charge is 0.409 e. The van der Waals surface area contributed by atoms with Gasteiger partial charge < -0.3 is 15.4 Å². The van der Waals surface area contributed by atoms with Crippen LogP contribution < -0.4 is 10.5 Å². The average molecular weight is 473 g/mol. The number of rotatable bonds is 5. The average Bonchev–Trinajstić information content (AvgIpc) is 3.34. The second-order valence-electron chi connectivity index (χ2n) is 7.77. The number of hydrogen-bond acceptors (Lipinski definition) is 8. The monoisotopic (exact) mass is 473 g/mol. The fourth-order valence-corrected chi connectivity index (χ4v) is 5.90. The number of benzene rings is 1. The van der Waals surface area contributed by atoms with Crippen LogP contribution in [0.5, 0.6) is 5.75 Å². The van der Waals surface area contributed by atoms with Gasteiger partial charge in [0.25, 0.3) is 10.0 Å². The third-order valence-corrected chi connectivity index (χ3v) is 7.55. The van der Waals surface area contributed by atoms with Crippen molar-refractivity contribution in [3.8, 4) is 5.75 Å². The summed E-state index contributed by atoms with van der Waals surface area (Å²) < 4.78 is 31.8. The van der Waals surface area contributed by atoms with Crippen LogP contribution in [0, 0.1) is 6.42 Å². The predicted octanol–water partition coefficient (Wildman–Crippen LogP) is -0.0401. The normalized spacial score (nSPS) is 22.9. The van der Waals surface area contributed by atoms with E-state index in [0.29, 0.717) is 0 Å². The van der Waals surface area contributed by atoms with Crippen molar-refractivity contribution >= 4 is 38.6 Å². The van der Waals surface area contributed by atoms with E-state index in [4.69, 9.17) is 10.5 Å². The number of ketones is 2. The highest BCUT2D eigenvalue weighted by Crippen LogP contribution is 2.33. The van der Waals surface area contributed by atoms with Gasteiger partial charge in [-0.15, -0.1) is 0 Å². The Bertz CT molecular complexity index is 1170. The van der Waals surface area contributed by atoms with Crippen molar-refractivity contribution in [3.05, 3.63) is 48.5 Å². The minimum Gasteiger partial charge on any atom is -0.411 e. The molecule has 0 saturated carbocycles. The van der Waals surface area contributed by atoms with E-state index in [9.17, 15) is 27.6 Å². The van der Waals surface area contributed by atoms with Crippen LogP contribution in [-0.4, -0.2) is 71.4 Å². The number of aliphatic imine (C=N–C) groups is 1. The van der Waals surface area contributed by atoms with Gasteiger partial charge in [-0.1, -0.05) is 18.2 Å². The highest BCUT2D eigenvalue weighted by atomic mass is 32.2. The van der Waals surface area contributed by atoms with Crippen LogP contribution in [0.3, 0.4) is 0 Å². The molecular formula is C21H21N4O7S. The summed E-state index contributed by atoms with van der Waals surface area (Å²) in [5, 5.41) is -0.571. The lowest BCUT2D eigenvalue weighted by atomic mass is 10.1. The van der Waals surface area contributed by atoms with Gasteiger partial charge in [-0.25, -0.2) is 18.2 Å². The third-order valence-electron chi connectivity index (χ3n) is 5.71. The summed E-state index contributed by atoms with van der Waals surface area (Å²) in [4.78, 5) is 53.4. The molecule has 0 bridgehead atoms. The second kappa shape index (κ2) is 8.87. The molecule has 3 aliphatic rings. The van der Waals surface area contributed by atoms with Crippen LogP contribution in [0.1, 0.15) is 18.4 Å². The summed E-state index contributed by atoms with van der Waals surface area (Å²) in [5.41, 5.74) is 5.72. The number of nitrogens with two attached hydrogens (primary N) is 1. The Morgan fingerprint density at radius 2 is 1.94 bits per heavy atom. The summed E-state index contributed by atoms with van der Waals surface area (Å²) in [6.07, 6.45) is 3.68. The van der Waals surface area contributed by atoms with Crippen LogP contribution in [-0.2, 0) is 30.8 Å². The van der Waals surface area contributed by atoms with Gasteiger partial charge in [0, 0.05) is 19.2 Å². The Kier molecular flexibility index (Phi) is 6.13. The van der Waals surface area contributed by atoms with E-state index < -0.39 is 51.4 Å². The molecule has 33 heavy (non-hydrogen) atoms. The molecule has 173 valence electrons. The Morgan fingerprint density at radius 1 is 1.21 bits per heavy atom. The van der Waals surface area contributed by atoms with Crippen molar-refractivity contribution in [2.75, 3.05) is 13.1 Å². The Balaban J connectivity index is 1.42. The number of nitrogens with zero attached hydrogens (tertiary/aromatic N) is 3. The molecule has 12 heteroatoms. The number of sulfonamides is 1. The first-order valence-electron chi connectivity index (χ1n) is 10.2. The predicted molar refractivity (Wildman–Crippen MR) is 115 cm³/mol. The molecule has 0 spiro atoms. The van der Waals surface area contributed by atoms with Crippen molar-refractivity contribution in [3.63, 3.8) is 0 Å². The molecule has 2 atom stereocenters. The highest BCUT2D eigenvalue weighted by Gasteiger charge is 2.54. The number of likely N-dealkylation sites (tertiary alicyclic amines) is 1. The molecule has 11 nitrogen and oxygen atoms in total. The summed E-state index contributed by atoms with van der Waals surface area (Å²) in [6, 6.07) is 4.78. The Morgan fingerprint density at radius 3 is 2.61 bits per heavy atom. The molecular weight excluding hydrogens is 452 g/mol. The number of allylic oxidation sites excluding steroid dienone is 1. The Labute approximate surface area is 189 Å². The number of amides is 2. The minimum absolute atomic E-state index is 0.0663. The SMILES string of the molecule is NC(=O)Oc1ccc(C[CH]C(=O)N2CCC3C2C(=O)CN3S(=O)(=O)C2=NC=CCC2=O)cc1. The number of ether oxygens (including phenoxy) is 1. The first-order valence-corrected chi connectivity index (χ1v) is 11.6. The van der Waals surface area contributed by atoms with Gasteiger partial charge in [0.2, 0.25) is 11.0 Å². The fraction of sp³-hybridized carbons (Fsp3) is 0.333. The van der Waals surface area contributed by atoms with Gasteiger partial charge >= 0.3 is 6.09 Å². The van der Waals surface area contributed by atoms with Gasteiger partial charge in [-0.05, 0) is 30.5 Å². The molecule has 2 unspecified atom stereocenters. The van der Waals surface area contributed by atoms with E-state index >= 15 is 0 Å². The van der Waals surface area contributed by atoms with Crippen molar-refractivity contribution < 1.29 is 32.3 Å². The van der Waals surface area contributed by atoms with E-state index in [-0.39, 0.29) is 37.5 Å². The van der Waals surface area contributed by atoms with Crippen molar-refractivity contribution in [2.45, 2.75) is 31.3 Å². The zero-order valence-corrected chi connectivity index (χ0v) is 18.2. The van der Waals surface area contributed by atoms with Crippen LogP contribution in [0.15, 0.2) is 41.5 Å². The molecule has 0 aliphatic carbocycles. The van der Waals surface area contributed by atoms with Crippen LogP contribution in [0.2, 0.25) is 0 Å². The van der Waals surface area contributed by atoms with E-state index in [1.807, 2.05) is 0 Å². The molecule has 2 N–H and O–H groups in total. The van der Waals surface area contributed by atoms with Crippen molar-refractivity contribution in [2.24, 2.45) is 10.7 Å². The topological polar surface area (TPSA) is 157 Å². The fourth-order valence-electron chi connectivity index (χ4n) is 4.23. The first kappa shape index (κ1) is 22.8. The van der Waals surface area contributed by atoms with E-state index in [1.165, 1.54) is 35.7 Å². The molecule has 1 aromatic carbocycles. The maximum atomic E-state index is 13.0. The van der Waals surface area contributed by atoms with Gasteiger partial charge in [-0.2, -0.15) is 4.31 Å². The van der Waals surface area contributed by atoms with Crippen LogP contribution in [0.25, 0.3) is 0 Å². The quantitative estimate of drug-likeness (QED) is 0.629. The first-order chi connectivity index (χ1) is 15.7. The highest BCUT2D eigenvalue weighted by molar-refractivity contribution is 8.06. The number of primary amides is 1. The maximum absolute atomic E-state index is 13.0. The Hall–Kier alpha value is -3.38. The number of carbonyl (C=O) groups excluding carboxylic acids is 4. The number of carbonyl (C=O) groups is 4. The van der Waals surface area contributed by atoms with E-state index in [2.05, 4.69) is 4.99 Å². The molecule has 2 fully saturated rings. The van der Waals surface area contributed by atoms with Gasteiger partial charge in [0.05, 0.1) is 19.0 Å². The standard InChI is InChI=1S/C21H21N4O7S/c22-21(29)32-14-6-3-13(4-7-14)5-8-18(28)24-11-9-15-19(24)17(27)12-25(15)33(30,31)20-16(26)2-1-10-23-20/h1,3-4,6-8,10,15,19H,2,5,9,11-12H2,(H2,22,29). The summed E-state index contributed by atoms with van der Waals surface area (Å²) in [6.45, 7) is -0.188. The summed E-state index contributed by atoms with van der Waals surface area (Å²) in [5.74, 6) is -1.13. The lowest BCUT2D eigenvalue weighted by Gasteiger charge is -2.24. The third kappa shape index (κ3) is 4.44. The molecule has 0 aromatic heterocycles. The largest absolute Gasteiger partial charge is 0.411 e. The molecule has 2 amide bonds. The summed E-state index contributed by atoms with van der Waals surface area (Å²) >= 11 is 0. The molecule has 3 aliphatic heterocycles. The van der Waals surface area contributed by atoms with Crippen LogP contribution >= 0.6 is 0 Å². The van der Waals surface area contributed by atoms with Crippen molar-refractivity contribution in [1.29, 1.82) is 0 Å². The number of Topliss-reactive ketones (excluding diaryl/α,β-unsaturated/α-hetero) is 2. The van der Waals surface area contributed by atoms with Gasteiger partial charge in [-0.3, -0.25) is 14.4 Å². The molecule has 2 saturated heterocycles. The lowest BCUT2D eigenvalue weighted by Crippen LogP contribution is -2.45. The molecule has 4 rings (SSSR count). The molecule has 1 radical (unpaired) electrons.